The van der Waals surface area contributed by atoms with E-state index in [1.54, 1.807) is 0 Å². The third-order valence-electron chi connectivity index (χ3n) is 2.45. The van der Waals surface area contributed by atoms with Gasteiger partial charge in [0.15, 0.2) is 6.29 Å². The molecule has 0 bridgehead atoms. The Bertz CT molecular complexity index is 237. The van der Waals surface area contributed by atoms with E-state index in [4.69, 9.17) is 14.6 Å². The fourth-order valence-electron chi connectivity index (χ4n) is 1.49. The Balaban J connectivity index is 2.59. The highest BCUT2D eigenvalue weighted by Gasteiger charge is 2.44. The molecule has 0 aromatic rings. The van der Waals surface area contributed by atoms with Gasteiger partial charge in [-0.3, -0.25) is 0 Å². The fourth-order valence-corrected chi connectivity index (χ4v) is 1.49. The van der Waals surface area contributed by atoms with E-state index in [9.17, 15) is 20.4 Å². The first-order valence-electron chi connectivity index (χ1n) is 5.41. The third kappa shape index (κ3) is 3.85. The number of rotatable bonds is 4. The number of aliphatic hydroxyl groups is 5. The predicted octanol–water partition coefficient (Wildman–Crippen LogP) is -2.43. The molecule has 1 aliphatic heterocycles. The van der Waals surface area contributed by atoms with Gasteiger partial charge < -0.3 is 35.0 Å². The Morgan fingerprint density at radius 1 is 1.12 bits per heavy atom. The zero-order valence-corrected chi connectivity index (χ0v) is 9.85. The zero-order chi connectivity index (χ0) is 13.2. The van der Waals surface area contributed by atoms with Crippen molar-refractivity contribution in [3.05, 3.63) is 0 Å². The van der Waals surface area contributed by atoms with Crippen LogP contribution in [0.25, 0.3) is 0 Å². The Morgan fingerprint density at radius 3 is 2.18 bits per heavy atom. The Labute approximate surface area is 99.2 Å². The molecule has 1 heterocycles. The van der Waals surface area contributed by atoms with Gasteiger partial charge in [-0.1, -0.05) is 0 Å². The molecule has 0 spiro atoms. The summed E-state index contributed by atoms with van der Waals surface area (Å²) in [4.78, 5) is 0. The molecule has 0 aromatic heterocycles. The van der Waals surface area contributed by atoms with Gasteiger partial charge in [-0.05, 0) is 13.8 Å². The summed E-state index contributed by atoms with van der Waals surface area (Å²) in [6, 6.07) is 0. The lowest BCUT2D eigenvalue weighted by molar-refractivity contribution is -0.307. The summed E-state index contributed by atoms with van der Waals surface area (Å²) < 4.78 is 10.2. The second-order valence-electron chi connectivity index (χ2n) is 4.82. The first-order valence-corrected chi connectivity index (χ1v) is 5.41. The van der Waals surface area contributed by atoms with Gasteiger partial charge in [-0.2, -0.15) is 0 Å². The quantitative estimate of drug-likeness (QED) is 0.377. The number of hydrogen-bond acceptors (Lipinski definition) is 7. The smallest absolute Gasteiger partial charge is 0.186 e. The molecule has 102 valence electrons. The molecule has 1 rings (SSSR count). The molecule has 0 aromatic carbocycles. The zero-order valence-electron chi connectivity index (χ0n) is 9.85. The monoisotopic (exact) mass is 252 g/mol. The molecule has 0 radical (unpaired) electrons. The van der Waals surface area contributed by atoms with Crippen molar-refractivity contribution in [2.45, 2.75) is 50.2 Å². The van der Waals surface area contributed by atoms with Crippen LogP contribution in [0.2, 0.25) is 0 Å². The molecule has 0 aliphatic carbocycles. The van der Waals surface area contributed by atoms with Crippen molar-refractivity contribution in [1.82, 2.24) is 0 Å². The minimum Gasteiger partial charge on any atom is -0.394 e. The van der Waals surface area contributed by atoms with Crippen molar-refractivity contribution in [3.63, 3.8) is 0 Å². The minimum absolute atomic E-state index is 0.115. The molecule has 7 nitrogen and oxygen atoms in total. The Kier molecular flexibility index (Phi) is 4.85. The van der Waals surface area contributed by atoms with Crippen LogP contribution in [-0.2, 0) is 9.47 Å². The number of hydrogen-bond donors (Lipinski definition) is 5. The molecule has 0 saturated carbocycles. The molecule has 1 aliphatic rings. The SMILES string of the molecule is CC(C)(O)CO[C@@H]1O[C@H](CO)[C@@H](O)[C@H](O)[C@H]1O. The van der Waals surface area contributed by atoms with E-state index in [2.05, 4.69) is 0 Å². The molecule has 1 fully saturated rings. The minimum atomic E-state index is -1.47. The van der Waals surface area contributed by atoms with E-state index in [0.717, 1.165) is 0 Å². The average Bonchev–Trinajstić information content (AvgIpc) is 2.24. The lowest BCUT2D eigenvalue weighted by atomic mass is 9.99. The van der Waals surface area contributed by atoms with Crippen LogP contribution in [0.4, 0.5) is 0 Å². The van der Waals surface area contributed by atoms with Crippen molar-refractivity contribution in [2.75, 3.05) is 13.2 Å². The number of aliphatic hydroxyl groups excluding tert-OH is 4. The largest absolute Gasteiger partial charge is 0.394 e. The van der Waals surface area contributed by atoms with Crippen LogP contribution in [0.1, 0.15) is 13.8 Å². The van der Waals surface area contributed by atoms with Gasteiger partial charge in [0, 0.05) is 0 Å². The van der Waals surface area contributed by atoms with Crippen molar-refractivity contribution in [3.8, 4) is 0 Å². The molecule has 0 amide bonds. The van der Waals surface area contributed by atoms with Gasteiger partial charge >= 0.3 is 0 Å². The highest BCUT2D eigenvalue weighted by molar-refractivity contribution is 4.89. The van der Waals surface area contributed by atoms with Crippen LogP contribution in [0, 0.1) is 0 Å². The third-order valence-corrected chi connectivity index (χ3v) is 2.45. The second kappa shape index (κ2) is 5.57. The Hall–Kier alpha value is -0.280. The molecule has 17 heavy (non-hydrogen) atoms. The van der Waals surface area contributed by atoms with Crippen molar-refractivity contribution in [2.24, 2.45) is 0 Å². The maximum Gasteiger partial charge on any atom is 0.186 e. The van der Waals surface area contributed by atoms with Gasteiger partial charge in [0.2, 0.25) is 0 Å². The highest BCUT2D eigenvalue weighted by Crippen LogP contribution is 2.22. The van der Waals surface area contributed by atoms with Gasteiger partial charge in [-0.15, -0.1) is 0 Å². The van der Waals surface area contributed by atoms with E-state index in [1.165, 1.54) is 13.8 Å². The summed E-state index contributed by atoms with van der Waals surface area (Å²) in [7, 11) is 0. The predicted molar refractivity (Wildman–Crippen MR) is 56.0 cm³/mol. The summed E-state index contributed by atoms with van der Waals surface area (Å²) in [5.74, 6) is 0. The molecular formula is C10H20O7. The first-order chi connectivity index (χ1) is 7.76. The molecular weight excluding hydrogens is 232 g/mol. The van der Waals surface area contributed by atoms with Gasteiger partial charge in [-0.25, -0.2) is 0 Å². The Morgan fingerprint density at radius 2 is 1.71 bits per heavy atom. The summed E-state index contributed by atoms with van der Waals surface area (Å²) in [6.07, 6.45) is -6.50. The second-order valence-corrected chi connectivity index (χ2v) is 4.82. The van der Waals surface area contributed by atoms with Crippen LogP contribution in [-0.4, -0.2) is 75.1 Å². The van der Waals surface area contributed by atoms with E-state index in [0.29, 0.717) is 0 Å². The van der Waals surface area contributed by atoms with E-state index in [1.807, 2.05) is 0 Å². The van der Waals surface area contributed by atoms with Gasteiger partial charge in [0.1, 0.15) is 24.4 Å². The normalized spacial score (nSPS) is 39.4. The van der Waals surface area contributed by atoms with Crippen molar-refractivity contribution < 1.29 is 35.0 Å². The van der Waals surface area contributed by atoms with Crippen LogP contribution >= 0.6 is 0 Å². The summed E-state index contributed by atoms with van der Waals surface area (Å²) in [5.41, 5.74) is -1.11. The van der Waals surface area contributed by atoms with Crippen molar-refractivity contribution in [1.29, 1.82) is 0 Å². The maximum atomic E-state index is 9.59. The maximum absolute atomic E-state index is 9.59. The summed E-state index contributed by atoms with van der Waals surface area (Å²) >= 11 is 0. The number of ether oxygens (including phenoxy) is 2. The standard InChI is InChI=1S/C10H20O7/c1-10(2,15)4-16-9-8(14)7(13)6(12)5(3-11)17-9/h5-9,11-15H,3-4H2,1-2H3/t5-,6-,7+,8-,9-/m1/s1. The van der Waals surface area contributed by atoms with E-state index >= 15 is 0 Å². The molecule has 5 atom stereocenters. The van der Waals surface area contributed by atoms with Crippen LogP contribution in [0.3, 0.4) is 0 Å². The molecule has 5 N–H and O–H groups in total. The van der Waals surface area contributed by atoms with Crippen molar-refractivity contribution >= 4 is 0 Å². The lowest BCUT2D eigenvalue weighted by Gasteiger charge is -2.40. The molecule has 7 heteroatoms. The van der Waals surface area contributed by atoms with Gasteiger partial charge in [0.25, 0.3) is 0 Å². The highest BCUT2D eigenvalue weighted by atomic mass is 16.7. The van der Waals surface area contributed by atoms with Crippen LogP contribution in [0.5, 0.6) is 0 Å². The topological polar surface area (TPSA) is 120 Å². The van der Waals surface area contributed by atoms with Crippen LogP contribution < -0.4 is 0 Å². The summed E-state index contributed by atoms with van der Waals surface area (Å²) in [5, 5.41) is 46.9. The van der Waals surface area contributed by atoms with E-state index < -0.39 is 42.9 Å². The van der Waals surface area contributed by atoms with E-state index in [-0.39, 0.29) is 6.61 Å². The fraction of sp³-hybridized carbons (Fsp3) is 1.00. The lowest BCUT2D eigenvalue weighted by Crippen LogP contribution is -2.59. The summed E-state index contributed by atoms with van der Waals surface area (Å²) in [6.45, 7) is 2.40. The van der Waals surface area contributed by atoms with Crippen LogP contribution in [0.15, 0.2) is 0 Å². The molecule has 1 saturated heterocycles. The average molecular weight is 252 g/mol. The van der Waals surface area contributed by atoms with Gasteiger partial charge in [0.05, 0.1) is 18.8 Å². The first kappa shape index (κ1) is 14.8. The molecule has 0 unspecified atom stereocenters.